The van der Waals surface area contributed by atoms with Gasteiger partial charge in [0.05, 0.1) is 19.0 Å². The van der Waals surface area contributed by atoms with Gasteiger partial charge in [-0.2, -0.15) is 4.31 Å². The Balaban J connectivity index is 1.35. The Kier molecular flexibility index (Phi) is 8.59. The van der Waals surface area contributed by atoms with Gasteiger partial charge in [0.15, 0.2) is 0 Å². The molecule has 32 heavy (non-hydrogen) atoms. The Morgan fingerprint density at radius 2 is 1.81 bits per heavy atom. The van der Waals surface area contributed by atoms with Crippen molar-refractivity contribution in [2.75, 3.05) is 39.0 Å². The van der Waals surface area contributed by atoms with Gasteiger partial charge in [-0.05, 0) is 75.1 Å². The highest BCUT2D eigenvalue weighted by Crippen LogP contribution is 2.26. The lowest BCUT2D eigenvalue weighted by molar-refractivity contribution is 0.0643. The van der Waals surface area contributed by atoms with Crippen molar-refractivity contribution in [3.8, 4) is 5.75 Å². The van der Waals surface area contributed by atoms with Gasteiger partial charge in [-0.1, -0.05) is 18.2 Å². The number of piperidine rings is 1. The lowest BCUT2D eigenvalue weighted by atomic mass is 9.92. The van der Waals surface area contributed by atoms with E-state index in [-0.39, 0.29) is 12.2 Å². The molecule has 7 nitrogen and oxygen atoms in total. The Bertz CT molecular complexity index is 887. The summed E-state index contributed by atoms with van der Waals surface area (Å²) in [5.74, 6) is 1.49. The Labute approximate surface area is 192 Å². The summed E-state index contributed by atoms with van der Waals surface area (Å²) in [5, 5.41) is 0. The minimum atomic E-state index is -3.12. The molecule has 1 saturated heterocycles. The smallest absolute Gasteiger partial charge is 0.410 e. The van der Waals surface area contributed by atoms with Crippen molar-refractivity contribution in [1.29, 1.82) is 0 Å². The summed E-state index contributed by atoms with van der Waals surface area (Å²) >= 11 is 0. The molecule has 1 aromatic rings. The summed E-state index contributed by atoms with van der Waals surface area (Å²) < 4.78 is 36.0. The number of nitrogens with zero attached hydrogens (tertiary/aromatic N) is 2. The van der Waals surface area contributed by atoms with Crippen molar-refractivity contribution in [3.63, 3.8) is 0 Å². The molecule has 0 spiro atoms. The maximum Gasteiger partial charge on any atom is 0.410 e. The number of carbonyl (C=O) groups excluding carboxylic acids is 1. The molecule has 0 atom stereocenters. The second-order valence-electron chi connectivity index (χ2n) is 8.98. The Hall–Kier alpha value is -2.06. The highest BCUT2D eigenvalue weighted by atomic mass is 32.2. The van der Waals surface area contributed by atoms with Crippen LogP contribution in [-0.4, -0.2) is 68.9 Å². The number of hydrogen-bond acceptors (Lipinski definition) is 5. The van der Waals surface area contributed by atoms with E-state index in [2.05, 4.69) is 0 Å². The number of rotatable bonds is 8. The van der Waals surface area contributed by atoms with Crippen molar-refractivity contribution in [2.24, 2.45) is 5.92 Å². The minimum absolute atomic E-state index is 0.0731. The SMILES string of the molecule is CC(C)OC(=O)N1CCC(CCCOc2ccc(C3=CCN(S(C)(=O)=O)CC3)cc2)CC1. The van der Waals surface area contributed by atoms with Gasteiger partial charge in [0.2, 0.25) is 10.0 Å². The topological polar surface area (TPSA) is 76.2 Å². The van der Waals surface area contributed by atoms with Crippen molar-refractivity contribution in [1.82, 2.24) is 9.21 Å². The Morgan fingerprint density at radius 3 is 2.38 bits per heavy atom. The van der Waals surface area contributed by atoms with Crippen molar-refractivity contribution >= 4 is 21.7 Å². The summed E-state index contributed by atoms with van der Waals surface area (Å²) in [6.45, 7) is 6.94. The van der Waals surface area contributed by atoms with Gasteiger partial charge in [-0.3, -0.25) is 0 Å². The third kappa shape index (κ3) is 7.24. The van der Waals surface area contributed by atoms with Crippen LogP contribution in [0.15, 0.2) is 30.3 Å². The summed E-state index contributed by atoms with van der Waals surface area (Å²) in [5.41, 5.74) is 2.30. The van der Waals surface area contributed by atoms with Gasteiger partial charge in [0.25, 0.3) is 0 Å². The normalized spacial score (nSPS) is 18.5. The highest BCUT2D eigenvalue weighted by molar-refractivity contribution is 7.88. The average molecular weight is 465 g/mol. The predicted octanol–water partition coefficient (Wildman–Crippen LogP) is 4.15. The first-order chi connectivity index (χ1) is 15.2. The van der Waals surface area contributed by atoms with E-state index in [1.807, 2.05) is 49.1 Å². The first-order valence-corrected chi connectivity index (χ1v) is 13.4. The van der Waals surface area contributed by atoms with E-state index in [9.17, 15) is 13.2 Å². The van der Waals surface area contributed by atoms with Crippen LogP contribution in [-0.2, 0) is 14.8 Å². The standard InChI is InChI=1S/C24H36N2O5S/c1-19(2)31-24(27)25-14-10-20(11-15-25)5-4-18-30-23-8-6-21(7-9-23)22-12-16-26(17-13-22)32(3,28)29/h6-9,12,19-20H,4-5,10-11,13-18H2,1-3H3. The van der Waals surface area contributed by atoms with E-state index in [0.29, 0.717) is 25.6 Å². The first kappa shape index (κ1) is 24.6. The van der Waals surface area contributed by atoms with E-state index < -0.39 is 10.0 Å². The summed E-state index contributed by atoms with van der Waals surface area (Å²) in [6, 6.07) is 8.06. The first-order valence-electron chi connectivity index (χ1n) is 11.6. The maximum atomic E-state index is 12.0. The predicted molar refractivity (Wildman–Crippen MR) is 126 cm³/mol. The third-order valence-electron chi connectivity index (χ3n) is 6.10. The molecular weight excluding hydrogens is 428 g/mol. The number of ether oxygens (including phenoxy) is 2. The maximum absolute atomic E-state index is 12.0. The molecule has 2 heterocycles. The molecular formula is C24H36N2O5S. The van der Waals surface area contributed by atoms with Gasteiger partial charge in [-0.15, -0.1) is 0 Å². The van der Waals surface area contributed by atoms with Gasteiger partial charge in [-0.25, -0.2) is 13.2 Å². The van der Waals surface area contributed by atoms with Crippen LogP contribution in [0.4, 0.5) is 4.79 Å². The fourth-order valence-electron chi connectivity index (χ4n) is 4.22. The van der Waals surface area contributed by atoms with Gasteiger partial charge in [0, 0.05) is 26.2 Å². The molecule has 2 aliphatic rings. The average Bonchev–Trinajstić information content (AvgIpc) is 2.76. The van der Waals surface area contributed by atoms with Crippen LogP contribution in [0.1, 0.15) is 51.5 Å². The van der Waals surface area contributed by atoms with Gasteiger partial charge < -0.3 is 14.4 Å². The van der Waals surface area contributed by atoms with Crippen LogP contribution >= 0.6 is 0 Å². The van der Waals surface area contributed by atoms with E-state index in [4.69, 9.17) is 9.47 Å². The van der Waals surface area contributed by atoms with E-state index in [1.54, 1.807) is 0 Å². The molecule has 1 fully saturated rings. The van der Waals surface area contributed by atoms with Crippen LogP contribution < -0.4 is 4.74 Å². The largest absolute Gasteiger partial charge is 0.494 e. The quantitative estimate of drug-likeness (QED) is 0.540. The number of amides is 1. The monoisotopic (exact) mass is 464 g/mol. The van der Waals surface area contributed by atoms with Crippen LogP contribution in [0.5, 0.6) is 5.75 Å². The zero-order valence-electron chi connectivity index (χ0n) is 19.5. The molecule has 0 radical (unpaired) electrons. The molecule has 8 heteroatoms. The van der Waals surface area contributed by atoms with Gasteiger partial charge >= 0.3 is 6.09 Å². The molecule has 1 aromatic carbocycles. The van der Waals surface area contributed by atoms with Crippen molar-refractivity contribution in [2.45, 2.75) is 52.1 Å². The fraction of sp³-hybridized carbons (Fsp3) is 0.625. The zero-order valence-corrected chi connectivity index (χ0v) is 20.3. The van der Waals surface area contributed by atoms with Crippen LogP contribution in [0.25, 0.3) is 5.57 Å². The molecule has 0 aliphatic carbocycles. The molecule has 3 rings (SSSR count). The molecule has 0 N–H and O–H groups in total. The number of likely N-dealkylation sites (tertiary alicyclic amines) is 1. The molecule has 2 aliphatic heterocycles. The molecule has 0 bridgehead atoms. The van der Waals surface area contributed by atoms with Crippen LogP contribution in [0.3, 0.4) is 0 Å². The lowest BCUT2D eigenvalue weighted by Gasteiger charge is -2.31. The van der Waals surface area contributed by atoms with Crippen LogP contribution in [0.2, 0.25) is 0 Å². The molecule has 0 saturated carbocycles. The summed E-state index contributed by atoms with van der Waals surface area (Å²) in [7, 11) is -3.12. The van der Waals surface area contributed by atoms with Crippen molar-refractivity contribution in [3.05, 3.63) is 35.9 Å². The fourth-order valence-corrected chi connectivity index (χ4v) is 4.99. The highest BCUT2D eigenvalue weighted by Gasteiger charge is 2.24. The second kappa shape index (κ2) is 11.2. The zero-order chi connectivity index (χ0) is 23.1. The summed E-state index contributed by atoms with van der Waals surface area (Å²) in [6.07, 6.45) is 7.85. The summed E-state index contributed by atoms with van der Waals surface area (Å²) in [4.78, 5) is 13.8. The number of hydrogen-bond donors (Lipinski definition) is 0. The van der Waals surface area contributed by atoms with E-state index >= 15 is 0 Å². The second-order valence-corrected chi connectivity index (χ2v) is 11.0. The van der Waals surface area contributed by atoms with E-state index in [0.717, 1.165) is 56.5 Å². The van der Waals surface area contributed by atoms with Crippen LogP contribution in [0, 0.1) is 5.92 Å². The van der Waals surface area contributed by atoms with Gasteiger partial charge in [0.1, 0.15) is 5.75 Å². The van der Waals surface area contributed by atoms with Crippen molar-refractivity contribution < 1.29 is 22.7 Å². The molecule has 0 unspecified atom stereocenters. The Morgan fingerprint density at radius 1 is 1.12 bits per heavy atom. The lowest BCUT2D eigenvalue weighted by Crippen LogP contribution is -2.39. The molecule has 1 amide bonds. The van der Waals surface area contributed by atoms with E-state index in [1.165, 1.54) is 16.1 Å². The number of sulfonamides is 1. The number of carbonyl (C=O) groups is 1. The number of benzene rings is 1. The minimum Gasteiger partial charge on any atom is -0.494 e. The third-order valence-corrected chi connectivity index (χ3v) is 7.37. The molecule has 0 aromatic heterocycles. The molecule has 178 valence electrons.